The maximum absolute atomic E-state index is 12.3. The van der Waals surface area contributed by atoms with Crippen molar-refractivity contribution in [3.8, 4) is 0 Å². The standard InChI is InChI=1S/C21H27N3O2/c1-3-14-22-19(25)15-23-20(26)16-24(2)21(17-10-6-4-7-11-17)18-12-8-5-9-13-18/h4-13,21H,3,14-16H2,1-2H3,(H,22,25)(H,23,26)/p+1. The minimum atomic E-state index is -0.152. The Labute approximate surface area is 155 Å². The Morgan fingerprint density at radius 1 is 0.885 bits per heavy atom. The fourth-order valence-electron chi connectivity index (χ4n) is 2.98. The molecule has 0 bridgehead atoms. The zero-order valence-corrected chi connectivity index (χ0v) is 15.5. The van der Waals surface area contributed by atoms with E-state index in [1.807, 2.05) is 50.4 Å². The summed E-state index contributed by atoms with van der Waals surface area (Å²) in [6.45, 7) is 2.93. The Balaban J connectivity index is 2.02. The van der Waals surface area contributed by atoms with Crippen LogP contribution < -0.4 is 15.5 Å². The predicted octanol–water partition coefficient (Wildman–Crippen LogP) is 0.933. The fraction of sp³-hybridized carbons (Fsp3) is 0.333. The Morgan fingerprint density at radius 2 is 1.42 bits per heavy atom. The van der Waals surface area contributed by atoms with Gasteiger partial charge in [0.2, 0.25) is 5.91 Å². The molecule has 1 atom stereocenters. The molecule has 5 heteroatoms. The Morgan fingerprint density at radius 3 is 1.92 bits per heavy atom. The second-order valence-electron chi connectivity index (χ2n) is 6.40. The van der Waals surface area contributed by atoms with Crippen LogP contribution in [0.25, 0.3) is 0 Å². The summed E-state index contributed by atoms with van der Waals surface area (Å²) in [4.78, 5) is 25.0. The molecule has 0 aliphatic rings. The van der Waals surface area contributed by atoms with Crippen LogP contribution in [0, 0.1) is 0 Å². The van der Waals surface area contributed by atoms with Gasteiger partial charge >= 0.3 is 0 Å². The van der Waals surface area contributed by atoms with Crippen LogP contribution >= 0.6 is 0 Å². The van der Waals surface area contributed by atoms with Crippen molar-refractivity contribution in [3.63, 3.8) is 0 Å². The smallest absolute Gasteiger partial charge is 0.275 e. The number of rotatable bonds is 9. The van der Waals surface area contributed by atoms with E-state index < -0.39 is 0 Å². The van der Waals surface area contributed by atoms with Crippen molar-refractivity contribution in [1.82, 2.24) is 10.6 Å². The van der Waals surface area contributed by atoms with Crippen LogP contribution in [0.3, 0.4) is 0 Å². The minimum Gasteiger partial charge on any atom is -0.355 e. The third-order valence-corrected chi connectivity index (χ3v) is 4.22. The summed E-state index contributed by atoms with van der Waals surface area (Å²) in [5.41, 5.74) is 2.31. The average Bonchev–Trinajstić information content (AvgIpc) is 2.66. The van der Waals surface area contributed by atoms with Crippen LogP contribution in [0.4, 0.5) is 0 Å². The highest BCUT2D eigenvalue weighted by atomic mass is 16.2. The summed E-state index contributed by atoms with van der Waals surface area (Å²) in [6.07, 6.45) is 0.877. The molecular formula is C21H28N3O2+. The molecule has 0 fully saturated rings. The molecule has 5 nitrogen and oxygen atoms in total. The number of carbonyl (C=O) groups is 2. The van der Waals surface area contributed by atoms with Crippen LogP contribution in [0.5, 0.6) is 0 Å². The summed E-state index contributed by atoms with van der Waals surface area (Å²) >= 11 is 0. The van der Waals surface area contributed by atoms with Gasteiger partial charge in [0.15, 0.2) is 6.54 Å². The molecule has 0 saturated heterocycles. The highest BCUT2D eigenvalue weighted by Crippen LogP contribution is 2.18. The zero-order valence-electron chi connectivity index (χ0n) is 15.5. The van der Waals surface area contributed by atoms with E-state index >= 15 is 0 Å². The second-order valence-corrected chi connectivity index (χ2v) is 6.40. The van der Waals surface area contributed by atoms with Crippen molar-refractivity contribution in [1.29, 1.82) is 0 Å². The van der Waals surface area contributed by atoms with Gasteiger partial charge in [-0.2, -0.15) is 0 Å². The van der Waals surface area contributed by atoms with Gasteiger partial charge in [0, 0.05) is 17.7 Å². The zero-order chi connectivity index (χ0) is 18.8. The summed E-state index contributed by atoms with van der Waals surface area (Å²) in [6, 6.07) is 20.4. The molecule has 2 aromatic rings. The molecule has 1 unspecified atom stereocenters. The molecule has 3 N–H and O–H groups in total. The maximum atomic E-state index is 12.3. The van der Waals surface area contributed by atoms with E-state index in [4.69, 9.17) is 0 Å². The lowest BCUT2D eigenvalue weighted by Gasteiger charge is -2.25. The SMILES string of the molecule is CCCNC(=O)CNC(=O)C[NH+](C)C(c1ccccc1)c1ccccc1. The number of hydrogen-bond acceptors (Lipinski definition) is 2. The van der Waals surface area contributed by atoms with E-state index in [9.17, 15) is 9.59 Å². The van der Waals surface area contributed by atoms with E-state index in [-0.39, 0.29) is 30.9 Å². The lowest BCUT2D eigenvalue weighted by Crippen LogP contribution is -3.10. The quantitative estimate of drug-likeness (QED) is 0.627. The first-order valence-electron chi connectivity index (χ1n) is 9.07. The van der Waals surface area contributed by atoms with Gasteiger partial charge in [-0.1, -0.05) is 67.6 Å². The van der Waals surface area contributed by atoms with E-state index in [1.54, 1.807) is 0 Å². The van der Waals surface area contributed by atoms with Crippen molar-refractivity contribution < 1.29 is 14.5 Å². The maximum Gasteiger partial charge on any atom is 0.275 e. The summed E-state index contributed by atoms with van der Waals surface area (Å²) in [5, 5.41) is 5.46. The topological polar surface area (TPSA) is 62.6 Å². The van der Waals surface area contributed by atoms with Crippen molar-refractivity contribution in [2.75, 3.05) is 26.7 Å². The third-order valence-electron chi connectivity index (χ3n) is 4.22. The summed E-state index contributed by atoms with van der Waals surface area (Å²) in [7, 11) is 2.00. The molecule has 2 amide bonds. The van der Waals surface area contributed by atoms with Crippen LogP contribution in [0.15, 0.2) is 60.7 Å². The highest BCUT2D eigenvalue weighted by molar-refractivity contribution is 5.85. The number of benzene rings is 2. The van der Waals surface area contributed by atoms with Crippen molar-refractivity contribution in [2.45, 2.75) is 19.4 Å². The number of hydrogen-bond donors (Lipinski definition) is 3. The fourth-order valence-corrected chi connectivity index (χ4v) is 2.98. The van der Waals surface area contributed by atoms with Gasteiger partial charge in [0.25, 0.3) is 5.91 Å². The molecule has 138 valence electrons. The van der Waals surface area contributed by atoms with Crippen molar-refractivity contribution in [3.05, 3.63) is 71.8 Å². The average molecular weight is 354 g/mol. The third kappa shape index (κ3) is 6.01. The number of likely N-dealkylation sites (N-methyl/N-ethyl adjacent to an activating group) is 1. The molecule has 0 aromatic heterocycles. The van der Waals surface area contributed by atoms with E-state index in [0.717, 1.165) is 22.4 Å². The molecular weight excluding hydrogens is 326 g/mol. The highest BCUT2D eigenvalue weighted by Gasteiger charge is 2.24. The molecule has 0 aliphatic carbocycles. The lowest BCUT2D eigenvalue weighted by molar-refractivity contribution is -0.898. The van der Waals surface area contributed by atoms with Crippen LogP contribution in [0.2, 0.25) is 0 Å². The minimum absolute atomic E-state index is 0.0213. The lowest BCUT2D eigenvalue weighted by atomic mass is 9.97. The van der Waals surface area contributed by atoms with Gasteiger partial charge in [0.05, 0.1) is 13.6 Å². The molecule has 0 saturated carbocycles. The number of carbonyl (C=O) groups excluding carboxylic acids is 2. The molecule has 26 heavy (non-hydrogen) atoms. The van der Waals surface area contributed by atoms with Crippen LogP contribution in [-0.2, 0) is 9.59 Å². The normalized spacial score (nSPS) is 11.8. The van der Waals surface area contributed by atoms with E-state index in [2.05, 4.69) is 34.9 Å². The van der Waals surface area contributed by atoms with E-state index in [1.165, 1.54) is 0 Å². The van der Waals surface area contributed by atoms with Gasteiger partial charge in [-0.15, -0.1) is 0 Å². The first-order valence-corrected chi connectivity index (χ1v) is 9.07. The summed E-state index contributed by atoms with van der Waals surface area (Å²) < 4.78 is 0. The molecule has 0 heterocycles. The molecule has 2 aromatic carbocycles. The van der Waals surface area contributed by atoms with Crippen molar-refractivity contribution in [2.24, 2.45) is 0 Å². The molecule has 0 aliphatic heterocycles. The van der Waals surface area contributed by atoms with E-state index in [0.29, 0.717) is 6.54 Å². The van der Waals surface area contributed by atoms with Crippen LogP contribution in [0.1, 0.15) is 30.5 Å². The first-order chi connectivity index (χ1) is 12.6. The largest absolute Gasteiger partial charge is 0.355 e. The van der Waals surface area contributed by atoms with Gasteiger partial charge in [-0.25, -0.2) is 0 Å². The first kappa shape index (κ1) is 19.7. The molecule has 2 rings (SSSR count). The number of amides is 2. The van der Waals surface area contributed by atoms with Crippen molar-refractivity contribution >= 4 is 11.8 Å². The number of quaternary nitrogens is 1. The Bertz CT molecular complexity index is 649. The van der Waals surface area contributed by atoms with Gasteiger partial charge in [-0.05, 0) is 6.42 Å². The Hall–Kier alpha value is -2.66. The predicted molar refractivity (Wildman–Crippen MR) is 103 cm³/mol. The molecule has 0 spiro atoms. The van der Waals surface area contributed by atoms with Gasteiger partial charge in [0.1, 0.15) is 6.04 Å². The van der Waals surface area contributed by atoms with Gasteiger partial charge < -0.3 is 15.5 Å². The molecule has 0 radical (unpaired) electrons. The number of nitrogens with one attached hydrogen (secondary N) is 3. The van der Waals surface area contributed by atoms with Crippen LogP contribution in [-0.4, -0.2) is 38.5 Å². The summed E-state index contributed by atoms with van der Waals surface area (Å²) in [5.74, 6) is -0.286. The second kappa shape index (κ2) is 10.4. The van der Waals surface area contributed by atoms with Gasteiger partial charge in [-0.3, -0.25) is 9.59 Å². The monoisotopic (exact) mass is 354 g/mol. The Kier molecular flexibility index (Phi) is 7.83.